The first-order chi connectivity index (χ1) is 9.51. The van der Waals surface area contributed by atoms with Crippen molar-refractivity contribution >= 4 is 11.6 Å². The summed E-state index contributed by atoms with van der Waals surface area (Å²) in [5, 5.41) is 11.5. The van der Waals surface area contributed by atoms with Gasteiger partial charge in [0.15, 0.2) is 0 Å². The van der Waals surface area contributed by atoms with E-state index in [1.807, 2.05) is 32.1 Å². The highest BCUT2D eigenvalue weighted by Gasteiger charge is 2.07. The predicted molar refractivity (Wildman–Crippen MR) is 80.5 cm³/mol. The van der Waals surface area contributed by atoms with Crippen molar-refractivity contribution in [1.82, 2.24) is 9.80 Å². The van der Waals surface area contributed by atoms with Crippen molar-refractivity contribution in [3.63, 3.8) is 0 Å². The lowest BCUT2D eigenvalue weighted by atomic mass is 10.2. The number of benzene rings is 1. The molecule has 0 unspecified atom stereocenters. The van der Waals surface area contributed by atoms with E-state index in [1.54, 1.807) is 24.3 Å². The summed E-state index contributed by atoms with van der Waals surface area (Å²) >= 11 is 0. The maximum atomic E-state index is 11.8. The molecule has 108 valence electrons. The molecular weight excluding hydrogens is 252 g/mol. The molecule has 0 saturated heterocycles. The highest BCUT2D eigenvalue weighted by molar-refractivity contribution is 5.92. The zero-order valence-electron chi connectivity index (χ0n) is 12.4. The second kappa shape index (κ2) is 8.31. The number of rotatable bonds is 7. The molecule has 0 aliphatic carbocycles. The Hall–Kier alpha value is -1.90. The Bertz CT molecular complexity index is 462. The molecule has 0 fully saturated rings. The average molecular weight is 274 g/mol. The number of amides is 1. The van der Waals surface area contributed by atoms with E-state index in [0.29, 0.717) is 12.1 Å². The van der Waals surface area contributed by atoms with E-state index in [1.165, 1.54) is 0 Å². The largest absolute Gasteiger partial charge is 0.325 e. The summed E-state index contributed by atoms with van der Waals surface area (Å²) in [5.74, 6) is -0.0398. The quantitative estimate of drug-likeness (QED) is 0.816. The smallest absolute Gasteiger partial charge is 0.238 e. The maximum Gasteiger partial charge on any atom is 0.238 e. The molecular formula is C15H22N4O. The van der Waals surface area contributed by atoms with Crippen LogP contribution in [-0.2, 0) is 4.79 Å². The molecule has 1 amide bonds. The topological polar surface area (TPSA) is 59.4 Å². The highest BCUT2D eigenvalue weighted by Crippen LogP contribution is 2.08. The molecule has 0 radical (unpaired) electrons. The van der Waals surface area contributed by atoms with Crippen LogP contribution in [0.2, 0.25) is 0 Å². The molecule has 1 aromatic rings. The Morgan fingerprint density at radius 2 is 1.85 bits per heavy atom. The lowest BCUT2D eigenvalue weighted by Gasteiger charge is -2.17. The second-order valence-electron chi connectivity index (χ2n) is 5.13. The molecule has 5 heteroatoms. The number of anilines is 1. The van der Waals surface area contributed by atoms with E-state index in [-0.39, 0.29) is 5.91 Å². The van der Waals surface area contributed by atoms with Crippen molar-refractivity contribution < 1.29 is 4.79 Å². The van der Waals surface area contributed by atoms with Gasteiger partial charge in [-0.15, -0.1) is 0 Å². The maximum absolute atomic E-state index is 11.8. The minimum absolute atomic E-state index is 0.0398. The average Bonchev–Trinajstić information content (AvgIpc) is 2.38. The van der Waals surface area contributed by atoms with Gasteiger partial charge in [-0.1, -0.05) is 0 Å². The third-order valence-corrected chi connectivity index (χ3v) is 2.86. The highest BCUT2D eigenvalue weighted by atomic mass is 16.2. The fourth-order valence-corrected chi connectivity index (χ4v) is 1.81. The first-order valence-electron chi connectivity index (χ1n) is 6.64. The van der Waals surface area contributed by atoms with Crippen LogP contribution in [0.5, 0.6) is 0 Å². The molecule has 0 heterocycles. The Labute approximate surface area is 120 Å². The van der Waals surface area contributed by atoms with Crippen molar-refractivity contribution in [1.29, 1.82) is 5.26 Å². The van der Waals surface area contributed by atoms with E-state index in [0.717, 1.165) is 25.2 Å². The molecule has 1 aromatic carbocycles. The molecule has 5 nitrogen and oxygen atoms in total. The monoisotopic (exact) mass is 274 g/mol. The summed E-state index contributed by atoms with van der Waals surface area (Å²) in [6, 6.07) is 8.91. The minimum Gasteiger partial charge on any atom is -0.325 e. The number of carbonyl (C=O) groups is 1. The van der Waals surface area contributed by atoms with Gasteiger partial charge in [0.05, 0.1) is 18.2 Å². The van der Waals surface area contributed by atoms with E-state index in [2.05, 4.69) is 10.2 Å². The van der Waals surface area contributed by atoms with E-state index >= 15 is 0 Å². The number of hydrogen-bond acceptors (Lipinski definition) is 4. The van der Waals surface area contributed by atoms with Crippen LogP contribution in [0.25, 0.3) is 0 Å². The van der Waals surface area contributed by atoms with E-state index in [4.69, 9.17) is 5.26 Å². The summed E-state index contributed by atoms with van der Waals surface area (Å²) in [5.41, 5.74) is 1.31. The minimum atomic E-state index is -0.0398. The summed E-state index contributed by atoms with van der Waals surface area (Å²) in [4.78, 5) is 16.0. The molecule has 0 aliphatic heterocycles. The van der Waals surface area contributed by atoms with Gasteiger partial charge in [0.1, 0.15) is 0 Å². The molecule has 1 N–H and O–H groups in total. The number of nitrogens with one attached hydrogen (secondary N) is 1. The van der Waals surface area contributed by atoms with Gasteiger partial charge in [0, 0.05) is 5.69 Å². The van der Waals surface area contributed by atoms with Gasteiger partial charge in [-0.25, -0.2) is 0 Å². The Morgan fingerprint density at radius 3 is 2.40 bits per heavy atom. The second-order valence-corrected chi connectivity index (χ2v) is 5.13. The lowest BCUT2D eigenvalue weighted by molar-refractivity contribution is -0.117. The Balaban J connectivity index is 2.33. The van der Waals surface area contributed by atoms with Gasteiger partial charge in [-0.05, 0) is 64.9 Å². The van der Waals surface area contributed by atoms with Crippen LogP contribution in [-0.4, -0.2) is 56.5 Å². The van der Waals surface area contributed by atoms with Gasteiger partial charge >= 0.3 is 0 Å². The number of nitriles is 1. The first kappa shape index (κ1) is 16.2. The molecule has 0 atom stereocenters. The van der Waals surface area contributed by atoms with Crippen LogP contribution in [0.3, 0.4) is 0 Å². The van der Waals surface area contributed by atoms with Gasteiger partial charge in [-0.3, -0.25) is 9.69 Å². The van der Waals surface area contributed by atoms with Crippen LogP contribution in [0.15, 0.2) is 24.3 Å². The zero-order chi connectivity index (χ0) is 15.0. The van der Waals surface area contributed by atoms with Crippen LogP contribution >= 0.6 is 0 Å². The van der Waals surface area contributed by atoms with Gasteiger partial charge in [0.25, 0.3) is 0 Å². The third-order valence-electron chi connectivity index (χ3n) is 2.86. The van der Waals surface area contributed by atoms with E-state index in [9.17, 15) is 4.79 Å². The fraction of sp³-hybridized carbons (Fsp3) is 0.467. The predicted octanol–water partition coefficient (Wildman–Crippen LogP) is 1.38. The van der Waals surface area contributed by atoms with Crippen molar-refractivity contribution in [2.45, 2.75) is 6.42 Å². The van der Waals surface area contributed by atoms with Gasteiger partial charge in [-0.2, -0.15) is 5.26 Å². The van der Waals surface area contributed by atoms with Crippen LogP contribution in [0.1, 0.15) is 12.0 Å². The van der Waals surface area contributed by atoms with Crippen molar-refractivity contribution in [3.8, 4) is 6.07 Å². The molecule has 0 spiro atoms. The SMILES string of the molecule is CN(C)CCCN(C)CC(=O)Nc1ccc(C#N)cc1. The number of carbonyl (C=O) groups excluding carboxylic acids is 1. The number of nitrogens with zero attached hydrogens (tertiary/aromatic N) is 3. The zero-order valence-corrected chi connectivity index (χ0v) is 12.4. The third kappa shape index (κ3) is 6.32. The molecule has 0 aliphatic rings. The van der Waals surface area contributed by atoms with Crippen molar-refractivity contribution in [2.75, 3.05) is 46.1 Å². The number of likely N-dealkylation sites (N-methyl/N-ethyl adjacent to an activating group) is 1. The van der Waals surface area contributed by atoms with Gasteiger partial charge in [0.2, 0.25) is 5.91 Å². The standard InChI is InChI=1S/C15H22N4O/c1-18(2)9-4-10-19(3)12-15(20)17-14-7-5-13(11-16)6-8-14/h5-8H,4,9-10,12H2,1-3H3,(H,17,20). The summed E-state index contributed by atoms with van der Waals surface area (Å²) in [6.07, 6.45) is 1.04. The summed E-state index contributed by atoms with van der Waals surface area (Å²) in [6.45, 7) is 2.27. The molecule has 0 saturated carbocycles. The molecule has 0 bridgehead atoms. The normalized spacial score (nSPS) is 10.6. The summed E-state index contributed by atoms with van der Waals surface area (Å²) < 4.78 is 0. The molecule has 0 aromatic heterocycles. The Kier molecular flexibility index (Phi) is 6.71. The first-order valence-corrected chi connectivity index (χ1v) is 6.64. The van der Waals surface area contributed by atoms with Crippen LogP contribution in [0, 0.1) is 11.3 Å². The molecule has 1 rings (SSSR count). The van der Waals surface area contributed by atoms with Crippen molar-refractivity contribution in [2.24, 2.45) is 0 Å². The van der Waals surface area contributed by atoms with Crippen LogP contribution < -0.4 is 5.32 Å². The molecule has 20 heavy (non-hydrogen) atoms. The summed E-state index contributed by atoms with van der Waals surface area (Å²) in [7, 11) is 6.02. The fourth-order valence-electron chi connectivity index (χ4n) is 1.81. The van der Waals surface area contributed by atoms with Crippen LogP contribution in [0.4, 0.5) is 5.69 Å². The van der Waals surface area contributed by atoms with E-state index < -0.39 is 0 Å². The van der Waals surface area contributed by atoms with Gasteiger partial charge < -0.3 is 10.2 Å². The van der Waals surface area contributed by atoms with Crippen molar-refractivity contribution in [3.05, 3.63) is 29.8 Å². The lowest BCUT2D eigenvalue weighted by Crippen LogP contribution is -2.32. The Morgan fingerprint density at radius 1 is 1.20 bits per heavy atom. The number of hydrogen-bond donors (Lipinski definition) is 1.